The van der Waals surface area contributed by atoms with Crippen molar-refractivity contribution in [1.82, 2.24) is 5.43 Å². The number of nitrogens with one attached hydrogen (secondary N) is 2. The fraction of sp³-hybridized carbons (Fsp3) is 0.125. The summed E-state index contributed by atoms with van der Waals surface area (Å²) < 4.78 is 0. The Kier molecular flexibility index (Phi) is 5.43. The molecule has 0 saturated carbocycles. The van der Waals surface area contributed by atoms with Crippen LogP contribution in [0.1, 0.15) is 11.1 Å². The van der Waals surface area contributed by atoms with Crippen molar-refractivity contribution in [2.24, 2.45) is 5.10 Å². The minimum absolute atomic E-state index is 0.370. The molecule has 3 rings (SSSR count). The van der Waals surface area contributed by atoms with Gasteiger partial charge in [0.2, 0.25) is 0 Å². The summed E-state index contributed by atoms with van der Waals surface area (Å²) in [6, 6.07) is 13.4. The fourth-order valence-electron chi connectivity index (χ4n) is 2.22. The zero-order chi connectivity index (χ0) is 16.2. The molecule has 0 bridgehead atoms. The van der Waals surface area contributed by atoms with Crippen LogP contribution in [0.15, 0.2) is 47.6 Å². The Morgan fingerprint density at radius 3 is 2.83 bits per heavy atom. The molecule has 0 radical (unpaired) electrons. The second-order valence-electron chi connectivity index (χ2n) is 4.90. The van der Waals surface area contributed by atoms with Crippen molar-refractivity contribution in [2.75, 3.05) is 11.1 Å². The summed E-state index contributed by atoms with van der Waals surface area (Å²) in [6.07, 6.45) is 0. The van der Waals surface area contributed by atoms with E-state index in [1.54, 1.807) is 18.2 Å². The number of hydrogen-bond acceptors (Lipinski definition) is 3. The summed E-state index contributed by atoms with van der Waals surface area (Å²) in [5.41, 5.74) is 6.98. The third-order valence-electron chi connectivity index (χ3n) is 3.29. The van der Waals surface area contributed by atoms with Gasteiger partial charge in [-0.25, -0.2) is 0 Å². The Labute approximate surface area is 154 Å². The first-order chi connectivity index (χ1) is 11.1. The number of nitrogens with zero attached hydrogens (tertiary/aromatic N) is 1. The van der Waals surface area contributed by atoms with E-state index in [2.05, 4.69) is 28.0 Å². The number of rotatable bonds is 2. The van der Waals surface area contributed by atoms with E-state index >= 15 is 0 Å². The standard InChI is InChI=1S/C16H13Cl2N3S2/c17-11-5-6-13(18)14(7-11)19-16(22)21-20-15-9-23-8-10-3-1-2-4-12(10)15/h1-7H,8-9H2,(H2,19,21,22)/b20-15+. The number of thiocarbonyl (C=S) groups is 1. The summed E-state index contributed by atoms with van der Waals surface area (Å²) in [6.45, 7) is 0. The first-order valence-corrected chi connectivity index (χ1v) is 9.20. The lowest BCUT2D eigenvalue weighted by molar-refractivity contribution is 1.04. The smallest absolute Gasteiger partial charge is 0.191 e. The average molecular weight is 382 g/mol. The van der Waals surface area contributed by atoms with E-state index in [1.807, 2.05) is 23.9 Å². The molecule has 3 nitrogen and oxygen atoms in total. The van der Waals surface area contributed by atoms with Crippen LogP contribution >= 0.6 is 47.2 Å². The van der Waals surface area contributed by atoms with Crippen molar-refractivity contribution >= 4 is 63.7 Å². The van der Waals surface area contributed by atoms with Crippen molar-refractivity contribution in [1.29, 1.82) is 0 Å². The summed E-state index contributed by atoms with van der Waals surface area (Å²) in [5, 5.41) is 8.95. The molecule has 0 fully saturated rings. The second-order valence-corrected chi connectivity index (χ2v) is 7.14. The highest BCUT2D eigenvalue weighted by atomic mass is 35.5. The van der Waals surface area contributed by atoms with E-state index < -0.39 is 0 Å². The van der Waals surface area contributed by atoms with Gasteiger partial charge in [-0.05, 0) is 36.0 Å². The largest absolute Gasteiger partial charge is 0.330 e. The zero-order valence-corrected chi connectivity index (χ0v) is 15.1. The van der Waals surface area contributed by atoms with Crippen molar-refractivity contribution < 1.29 is 0 Å². The van der Waals surface area contributed by atoms with E-state index in [0.29, 0.717) is 20.8 Å². The van der Waals surface area contributed by atoms with Crippen LogP contribution in [0.25, 0.3) is 0 Å². The van der Waals surface area contributed by atoms with Crippen LogP contribution in [-0.4, -0.2) is 16.6 Å². The van der Waals surface area contributed by atoms with Gasteiger partial charge in [-0.2, -0.15) is 16.9 Å². The van der Waals surface area contributed by atoms with Crippen molar-refractivity contribution in [2.45, 2.75) is 5.75 Å². The monoisotopic (exact) mass is 381 g/mol. The highest BCUT2D eigenvalue weighted by Gasteiger charge is 2.15. The van der Waals surface area contributed by atoms with Gasteiger partial charge in [-0.15, -0.1) is 0 Å². The van der Waals surface area contributed by atoms with Crippen LogP contribution in [0.4, 0.5) is 5.69 Å². The van der Waals surface area contributed by atoms with Gasteiger partial charge in [0, 0.05) is 22.1 Å². The van der Waals surface area contributed by atoms with Gasteiger partial charge >= 0.3 is 0 Å². The maximum atomic E-state index is 6.11. The molecule has 23 heavy (non-hydrogen) atoms. The maximum Gasteiger partial charge on any atom is 0.191 e. The molecule has 0 saturated heterocycles. The van der Waals surface area contributed by atoms with Crippen molar-refractivity contribution in [3.63, 3.8) is 0 Å². The average Bonchev–Trinajstić information content (AvgIpc) is 2.56. The predicted octanol–water partition coefficient (Wildman–Crippen LogP) is 4.93. The van der Waals surface area contributed by atoms with Crippen LogP contribution in [0.5, 0.6) is 0 Å². The molecule has 1 heterocycles. The summed E-state index contributed by atoms with van der Waals surface area (Å²) >= 11 is 19.2. The van der Waals surface area contributed by atoms with E-state index in [9.17, 15) is 0 Å². The summed E-state index contributed by atoms with van der Waals surface area (Å²) in [5.74, 6) is 1.86. The number of halogens is 2. The van der Waals surface area contributed by atoms with Crippen LogP contribution < -0.4 is 10.7 Å². The molecule has 0 amide bonds. The Balaban J connectivity index is 1.71. The van der Waals surface area contributed by atoms with Gasteiger partial charge in [0.05, 0.1) is 16.4 Å². The molecule has 0 aromatic heterocycles. The Bertz CT molecular complexity index is 778. The number of anilines is 1. The number of thioether (sulfide) groups is 1. The quantitative estimate of drug-likeness (QED) is 0.570. The van der Waals surface area contributed by atoms with Gasteiger partial charge in [-0.1, -0.05) is 47.5 Å². The van der Waals surface area contributed by atoms with Crippen LogP contribution in [-0.2, 0) is 5.75 Å². The lowest BCUT2D eigenvalue weighted by Crippen LogP contribution is -2.27. The second kappa shape index (κ2) is 7.53. The topological polar surface area (TPSA) is 36.4 Å². The molecule has 118 valence electrons. The molecule has 0 atom stereocenters. The summed E-state index contributed by atoms with van der Waals surface area (Å²) in [4.78, 5) is 0. The third kappa shape index (κ3) is 4.18. The zero-order valence-electron chi connectivity index (χ0n) is 12.0. The molecule has 1 aliphatic rings. The lowest BCUT2D eigenvalue weighted by Gasteiger charge is -2.17. The number of hydrogen-bond donors (Lipinski definition) is 2. The molecule has 0 aliphatic carbocycles. The number of hydrazone groups is 1. The number of benzene rings is 2. The first kappa shape index (κ1) is 16.6. The Hall–Kier alpha value is -1.27. The van der Waals surface area contributed by atoms with E-state index in [1.165, 1.54) is 11.1 Å². The van der Waals surface area contributed by atoms with E-state index in [-0.39, 0.29) is 0 Å². The molecule has 2 aromatic rings. The van der Waals surface area contributed by atoms with Gasteiger partial charge in [0.25, 0.3) is 0 Å². The number of fused-ring (bicyclic) bond motifs is 1. The molecule has 0 unspecified atom stereocenters. The van der Waals surface area contributed by atoms with E-state index in [4.69, 9.17) is 35.4 Å². The van der Waals surface area contributed by atoms with Gasteiger partial charge in [0.15, 0.2) is 5.11 Å². The Morgan fingerprint density at radius 2 is 1.96 bits per heavy atom. The minimum Gasteiger partial charge on any atom is -0.330 e. The van der Waals surface area contributed by atoms with Crippen molar-refractivity contribution in [3.8, 4) is 0 Å². The lowest BCUT2D eigenvalue weighted by atomic mass is 10.1. The molecule has 0 spiro atoms. The predicted molar refractivity (Wildman–Crippen MR) is 105 cm³/mol. The van der Waals surface area contributed by atoms with Crippen LogP contribution in [0.2, 0.25) is 10.0 Å². The first-order valence-electron chi connectivity index (χ1n) is 6.88. The van der Waals surface area contributed by atoms with Gasteiger partial charge < -0.3 is 5.32 Å². The van der Waals surface area contributed by atoms with E-state index in [0.717, 1.165) is 17.2 Å². The Morgan fingerprint density at radius 1 is 1.13 bits per heavy atom. The summed E-state index contributed by atoms with van der Waals surface area (Å²) in [7, 11) is 0. The minimum atomic E-state index is 0.370. The SMILES string of the molecule is S=C(N/N=C1\CSCc2ccccc21)Nc1cc(Cl)ccc1Cl. The van der Waals surface area contributed by atoms with Gasteiger partial charge in [-0.3, -0.25) is 5.43 Å². The molecule has 7 heteroatoms. The highest BCUT2D eigenvalue weighted by molar-refractivity contribution is 7.99. The highest BCUT2D eigenvalue weighted by Crippen LogP contribution is 2.26. The fourth-order valence-corrected chi connectivity index (χ4v) is 3.70. The van der Waals surface area contributed by atoms with Crippen LogP contribution in [0.3, 0.4) is 0 Å². The molecular formula is C16H13Cl2N3S2. The van der Waals surface area contributed by atoms with Crippen LogP contribution in [0, 0.1) is 0 Å². The third-order valence-corrected chi connectivity index (χ3v) is 5.04. The van der Waals surface area contributed by atoms with Gasteiger partial charge in [0.1, 0.15) is 0 Å². The molecular weight excluding hydrogens is 369 g/mol. The normalized spacial score (nSPS) is 15.1. The van der Waals surface area contributed by atoms with Crippen molar-refractivity contribution in [3.05, 3.63) is 63.6 Å². The maximum absolute atomic E-state index is 6.11. The molecule has 2 aromatic carbocycles. The molecule has 1 aliphatic heterocycles. The molecule has 2 N–H and O–H groups in total.